The summed E-state index contributed by atoms with van der Waals surface area (Å²) in [6.07, 6.45) is 5.97. The van der Waals surface area contributed by atoms with Gasteiger partial charge in [0.05, 0.1) is 23.9 Å². The predicted molar refractivity (Wildman–Crippen MR) is 210 cm³/mol. The molecular formula is C43H50N4O6. The van der Waals surface area contributed by atoms with Gasteiger partial charge in [-0.25, -0.2) is 4.79 Å². The molecule has 1 amide bonds. The maximum atomic E-state index is 13.0. The predicted octanol–water partition coefficient (Wildman–Crippen LogP) is 7.25. The lowest BCUT2D eigenvalue weighted by Gasteiger charge is -2.28. The van der Waals surface area contributed by atoms with Crippen molar-refractivity contribution < 1.29 is 24.5 Å². The average Bonchev–Trinajstić information content (AvgIpc) is 3.18. The van der Waals surface area contributed by atoms with Crippen LogP contribution in [-0.2, 0) is 17.6 Å². The Labute approximate surface area is 310 Å². The van der Waals surface area contributed by atoms with Crippen LogP contribution in [0.15, 0.2) is 102 Å². The van der Waals surface area contributed by atoms with Gasteiger partial charge in [-0.15, -0.1) is 0 Å². The van der Waals surface area contributed by atoms with Crippen molar-refractivity contribution in [2.45, 2.75) is 69.6 Å². The largest absolute Gasteiger partial charge is 0.506 e. The highest BCUT2D eigenvalue weighted by Gasteiger charge is 2.23. The number of carbonyl (C=O) groups excluding carboxylic acids is 1. The van der Waals surface area contributed by atoms with Gasteiger partial charge in [0.2, 0.25) is 5.56 Å². The minimum Gasteiger partial charge on any atom is -0.506 e. The van der Waals surface area contributed by atoms with Gasteiger partial charge >= 0.3 is 6.09 Å². The van der Waals surface area contributed by atoms with E-state index in [0.717, 1.165) is 85.1 Å². The van der Waals surface area contributed by atoms with Crippen molar-refractivity contribution in [1.82, 2.24) is 15.6 Å². The Morgan fingerprint density at radius 3 is 2.43 bits per heavy atom. The first-order valence-electron chi connectivity index (χ1n) is 18.6. The molecule has 1 aliphatic carbocycles. The Kier molecular flexibility index (Phi) is 13.2. The molecule has 1 aromatic heterocycles. The number of aromatic hydroxyl groups is 1. The number of aryl methyl sites for hydroxylation is 1. The zero-order chi connectivity index (χ0) is 37.0. The molecule has 0 saturated heterocycles. The van der Waals surface area contributed by atoms with Crippen molar-refractivity contribution in [2.75, 3.05) is 32.1 Å². The highest BCUT2D eigenvalue weighted by atomic mass is 16.6. The molecule has 0 spiro atoms. The van der Waals surface area contributed by atoms with Gasteiger partial charge in [-0.2, -0.15) is 0 Å². The van der Waals surface area contributed by atoms with Gasteiger partial charge in [0.15, 0.2) is 0 Å². The first-order valence-corrected chi connectivity index (χ1v) is 18.6. The number of amides is 1. The molecule has 278 valence electrons. The number of hydrogen-bond acceptors (Lipinski definition) is 8. The minimum atomic E-state index is -0.797. The molecule has 0 aliphatic heterocycles. The molecule has 10 nitrogen and oxygen atoms in total. The molecule has 6 N–H and O–H groups in total. The molecule has 1 saturated carbocycles. The van der Waals surface area contributed by atoms with E-state index in [4.69, 9.17) is 9.47 Å². The number of aliphatic hydroxyl groups excluding tert-OH is 1. The lowest BCUT2D eigenvalue weighted by molar-refractivity contribution is 0.0800. The summed E-state index contributed by atoms with van der Waals surface area (Å²) in [5.74, 6) is 0.797. The molecule has 1 heterocycles. The molecule has 0 bridgehead atoms. The second-order valence-corrected chi connectivity index (χ2v) is 13.7. The van der Waals surface area contributed by atoms with Crippen LogP contribution < -0.4 is 26.2 Å². The average molecular weight is 719 g/mol. The third-order valence-electron chi connectivity index (χ3n) is 10.0. The van der Waals surface area contributed by atoms with Crippen molar-refractivity contribution in [2.24, 2.45) is 0 Å². The number of hydrogen-bond donors (Lipinski definition) is 6. The van der Waals surface area contributed by atoms with Crippen molar-refractivity contribution in [3.63, 3.8) is 0 Å². The molecule has 0 unspecified atom stereocenters. The van der Waals surface area contributed by atoms with E-state index < -0.39 is 12.2 Å². The number of H-pyrrole nitrogens is 1. The molecule has 10 heteroatoms. The summed E-state index contributed by atoms with van der Waals surface area (Å²) < 4.78 is 11.9. The number of anilines is 1. The normalized spacial score (nSPS) is 16.3. The maximum absolute atomic E-state index is 13.0. The number of rotatable bonds is 16. The number of aromatic amines is 1. The maximum Gasteiger partial charge on any atom is 0.411 e. The summed E-state index contributed by atoms with van der Waals surface area (Å²) in [5, 5.41) is 31.2. The SMILES string of the molecule is CNC1CCC(OC(=O)Nc2cc(CCCCOc3ccc(CCNC[C@@H](O)c4ccc(O)c5[nH]c(=O)ccc45)cc3)ccc2-c2ccccc2)CC1. The Balaban J connectivity index is 0.928. The second kappa shape index (κ2) is 18.6. The van der Waals surface area contributed by atoms with Crippen molar-refractivity contribution in [1.29, 1.82) is 0 Å². The van der Waals surface area contributed by atoms with E-state index in [1.165, 1.54) is 12.1 Å². The molecule has 0 radical (unpaired) electrons. The van der Waals surface area contributed by atoms with Gasteiger partial charge in [-0.3, -0.25) is 10.1 Å². The summed E-state index contributed by atoms with van der Waals surface area (Å²) in [4.78, 5) is 27.3. The zero-order valence-electron chi connectivity index (χ0n) is 30.3. The van der Waals surface area contributed by atoms with E-state index in [1.807, 2.05) is 49.5 Å². The molecule has 5 aromatic rings. The van der Waals surface area contributed by atoms with Crippen LogP contribution >= 0.6 is 0 Å². The number of pyridine rings is 1. The fourth-order valence-corrected chi connectivity index (χ4v) is 6.98. The topological polar surface area (TPSA) is 145 Å². The van der Waals surface area contributed by atoms with E-state index in [2.05, 4.69) is 51.3 Å². The summed E-state index contributed by atoms with van der Waals surface area (Å²) in [7, 11) is 1.98. The van der Waals surface area contributed by atoms with Gasteiger partial charge in [-0.1, -0.05) is 60.7 Å². The smallest absolute Gasteiger partial charge is 0.411 e. The molecule has 53 heavy (non-hydrogen) atoms. The lowest BCUT2D eigenvalue weighted by Crippen LogP contribution is -2.34. The Morgan fingerprint density at radius 2 is 1.66 bits per heavy atom. The number of unbranched alkanes of at least 4 members (excludes halogenated alkanes) is 1. The van der Waals surface area contributed by atoms with E-state index in [-0.39, 0.29) is 17.4 Å². The molecule has 1 aliphatic rings. The second-order valence-electron chi connectivity index (χ2n) is 13.7. The quantitative estimate of drug-likeness (QED) is 0.0586. The Morgan fingerprint density at radius 1 is 0.887 bits per heavy atom. The summed E-state index contributed by atoms with van der Waals surface area (Å²) in [5.41, 5.74) is 5.72. The monoisotopic (exact) mass is 718 g/mol. The third-order valence-corrected chi connectivity index (χ3v) is 10.0. The number of carbonyl (C=O) groups is 1. The molecule has 6 rings (SSSR count). The van der Waals surface area contributed by atoms with Gasteiger partial charge < -0.3 is 35.3 Å². The van der Waals surface area contributed by atoms with Crippen LogP contribution in [0.25, 0.3) is 22.0 Å². The van der Waals surface area contributed by atoms with Gasteiger partial charge in [0.1, 0.15) is 17.6 Å². The third kappa shape index (κ3) is 10.5. The lowest BCUT2D eigenvalue weighted by atomic mass is 9.93. The van der Waals surface area contributed by atoms with Crippen molar-refractivity contribution >= 4 is 22.7 Å². The van der Waals surface area contributed by atoms with E-state index in [1.54, 1.807) is 12.1 Å². The van der Waals surface area contributed by atoms with Crippen LogP contribution in [0.3, 0.4) is 0 Å². The number of aliphatic hydroxyl groups is 1. The van der Waals surface area contributed by atoms with Crippen LogP contribution in [0.4, 0.5) is 10.5 Å². The van der Waals surface area contributed by atoms with Crippen molar-refractivity contribution in [3.05, 3.63) is 124 Å². The fraction of sp³-hybridized carbons (Fsp3) is 0.349. The van der Waals surface area contributed by atoms with E-state index >= 15 is 0 Å². The fourth-order valence-electron chi connectivity index (χ4n) is 6.98. The zero-order valence-corrected chi connectivity index (χ0v) is 30.3. The molecular weight excluding hydrogens is 668 g/mol. The summed E-state index contributed by atoms with van der Waals surface area (Å²) in [6.45, 7) is 1.61. The van der Waals surface area contributed by atoms with E-state index in [0.29, 0.717) is 42.2 Å². The van der Waals surface area contributed by atoms with Gasteiger partial charge in [0, 0.05) is 29.6 Å². The number of aromatic nitrogens is 1. The summed E-state index contributed by atoms with van der Waals surface area (Å²) >= 11 is 0. The van der Waals surface area contributed by atoms with Crippen LogP contribution in [0, 0.1) is 0 Å². The molecule has 1 atom stereocenters. The number of phenolic OH excluding ortho intramolecular Hbond substituents is 1. The minimum absolute atomic E-state index is 0.0276. The van der Waals surface area contributed by atoms with Crippen LogP contribution in [0.5, 0.6) is 11.5 Å². The van der Waals surface area contributed by atoms with Gasteiger partial charge in [-0.05, 0) is 118 Å². The van der Waals surface area contributed by atoms with Gasteiger partial charge in [0.25, 0.3) is 0 Å². The number of ether oxygens (including phenoxy) is 2. The van der Waals surface area contributed by atoms with Crippen LogP contribution in [0.1, 0.15) is 61.3 Å². The van der Waals surface area contributed by atoms with Crippen LogP contribution in [-0.4, -0.2) is 60.2 Å². The standard InChI is InChI=1S/C43H50N4O6/c1-44-32-13-17-34(18-14-32)53-43(51)46-38-27-30(12-19-35(38)31-8-3-2-4-9-31)7-5-6-26-52-33-15-10-29(11-16-33)24-25-45-28-40(49)36-20-22-39(48)42-37(36)21-23-41(50)47-42/h2-4,8-12,15-16,19-23,27,32,34,40,44-45,48-49H,5-7,13-14,17-18,24-26,28H2,1H3,(H,46,51)(H,47,50)/t32?,34?,40-/m1/s1. The van der Waals surface area contributed by atoms with Crippen LogP contribution in [0.2, 0.25) is 0 Å². The number of nitrogens with one attached hydrogen (secondary N) is 4. The summed E-state index contributed by atoms with van der Waals surface area (Å²) in [6, 6.07) is 31.1. The Bertz CT molecular complexity index is 1990. The first kappa shape index (κ1) is 37.6. The molecule has 1 fully saturated rings. The Hall–Kier alpha value is -5.16. The number of fused-ring (bicyclic) bond motifs is 1. The highest BCUT2D eigenvalue weighted by molar-refractivity contribution is 5.92. The molecule has 4 aromatic carbocycles. The van der Waals surface area contributed by atoms with E-state index in [9.17, 15) is 19.8 Å². The number of phenols is 1. The highest BCUT2D eigenvalue weighted by Crippen LogP contribution is 2.31. The van der Waals surface area contributed by atoms with Crippen molar-refractivity contribution in [3.8, 4) is 22.6 Å². The first-order chi connectivity index (χ1) is 25.9. The number of benzene rings is 4.